The Morgan fingerprint density at radius 3 is 2.85 bits per heavy atom. The standard InChI is InChI=1S/C14H15N5O/c1-2-20-12-6-4-3-5-11(12)19-14-9-13(16-8-7-15)17-10-18-14/h3-6,9-10H,2,8H2,1H3,(H2,16,17,18,19). The van der Waals surface area contributed by atoms with Crippen molar-refractivity contribution in [3.05, 3.63) is 36.7 Å². The van der Waals surface area contributed by atoms with Crippen molar-refractivity contribution in [3.63, 3.8) is 0 Å². The van der Waals surface area contributed by atoms with Gasteiger partial charge in [-0.15, -0.1) is 0 Å². The molecule has 6 heteroatoms. The highest BCUT2D eigenvalue weighted by Crippen LogP contribution is 2.26. The molecule has 0 unspecified atom stereocenters. The molecular formula is C14H15N5O. The number of para-hydroxylation sites is 2. The minimum Gasteiger partial charge on any atom is -0.492 e. The Kier molecular flexibility index (Phi) is 4.73. The number of aromatic nitrogens is 2. The average molecular weight is 269 g/mol. The fraction of sp³-hybridized carbons (Fsp3) is 0.214. The van der Waals surface area contributed by atoms with E-state index in [1.807, 2.05) is 37.3 Å². The van der Waals surface area contributed by atoms with Crippen LogP contribution in [0.4, 0.5) is 17.3 Å². The molecule has 0 spiro atoms. The molecule has 6 nitrogen and oxygen atoms in total. The molecule has 0 saturated heterocycles. The van der Waals surface area contributed by atoms with Gasteiger partial charge < -0.3 is 15.4 Å². The maximum Gasteiger partial charge on any atom is 0.142 e. The van der Waals surface area contributed by atoms with Gasteiger partial charge in [-0.25, -0.2) is 9.97 Å². The normalized spacial score (nSPS) is 9.60. The number of nitriles is 1. The number of nitrogens with zero attached hydrogens (tertiary/aromatic N) is 3. The largest absolute Gasteiger partial charge is 0.492 e. The van der Waals surface area contributed by atoms with Gasteiger partial charge in [0.05, 0.1) is 18.4 Å². The van der Waals surface area contributed by atoms with Crippen LogP contribution in [-0.4, -0.2) is 23.1 Å². The maximum atomic E-state index is 8.54. The first-order chi connectivity index (χ1) is 9.83. The Morgan fingerprint density at radius 1 is 1.25 bits per heavy atom. The molecule has 0 fully saturated rings. The Bertz CT molecular complexity index is 609. The van der Waals surface area contributed by atoms with Crippen LogP contribution < -0.4 is 15.4 Å². The van der Waals surface area contributed by atoms with E-state index in [1.165, 1.54) is 6.33 Å². The zero-order valence-electron chi connectivity index (χ0n) is 11.1. The molecule has 2 rings (SSSR count). The summed E-state index contributed by atoms with van der Waals surface area (Å²) in [5.41, 5.74) is 0.833. The van der Waals surface area contributed by atoms with Crippen molar-refractivity contribution in [1.82, 2.24) is 9.97 Å². The summed E-state index contributed by atoms with van der Waals surface area (Å²) in [7, 11) is 0. The molecule has 0 radical (unpaired) electrons. The lowest BCUT2D eigenvalue weighted by Crippen LogP contribution is -2.03. The number of anilines is 3. The van der Waals surface area contributed by atoms with E-state index in [0.29, 0.717) is 18.2 Å². The molecule has 0 bridgehead atoms. The molecule has 1 aromatic carbocycles. The molecule has 0 saturated carbocycles. The van der Waals surface area contributed by atoms with E-state index in [9.17, 15) is 0 Å². The zero-order valence-corrected chi connectivity index (χ0v) is 11.1. The van der Waals surface area contributed by atoms with Crippen LogP contribution in [0.25, 0.3) is 0 Å². The highest BCUT2D eigenvalue weighted by molar-refractivity contribution is 5.65. The van der Waals surface area contributed by atoms with Gasteiger partial charge in [0.15, 0.2) is 0 Å². The lowest BCUT2D eigenvalue weighted by atomic mass is 10.3. The second-order valence-electron chi connectivity index (χ2n) is 3.85. The Labute approximate surface area is 117 Å². The fourth-order valence-corrected chi connectivity index (χ4v) is 1.64. The number of hydrogen-bond acceptors (Lipinski definition) is 6. The second-order valence-corrected chi connectivity index (χ2v) is 3.85. The molecule has 1 heterocycles. The van der Waals surface area contributed by atoms with Crippen molar-refractivity contribution >= 4 is 17.3 Å². The van der Waals surface area contributed by atoms with Crippen molar-refractivity contribution in [3.8, 4) is 11.8 Å². The van der Waals surface area contributed by atoms with Crippen LogP contribution >= 0.6 is 0 Å². The van der Waals surface area contributed by atoms with Crippen LogP contribution in [0, 0.1) is 11.3 Å². The SMILES string of the molecule is CCOc1ccccc1Nc1cc(NCC#N)ncn1. The third-order valence-electron chi connectivity index (χ3n) is 2.47. The first-order valence-electron chi connectivity index (χ1n) is 6.25. The Balaban J connectivity index is 2.15. The van der Waals surface area contributed by atoms with Gasteiger partial charge in [0, 0.05) is 6.07 Å². The summed E-state index contributed by atoms with van der Waals surface area (Å²) in [6.07, 6.45) is 1.44. The summed E-state index contributed by atoms with van der Waals surface area (Å²) < 4.78 is 5.54. The van der Waals surface area contributed by atoms with E-state index in [0.717, 1.165) is 11.4 Å². The van der Waals surface area contributed by atoms with Gasteiger partial charge in [-0.3, -0.25) is 0 Å². The van der Waals surface area contributed by atoms with Crippen molar-refractivity contribution in [2.24, 2.45) is 0 Å². The summed E-state index contributed by atoms with van der Waals surface area (Å²) in [5.74, 6) is 1.99. The topological polar surface area (TPSA) is 82.9 Å². The molecular weight excluding hydrogens is 254 g/mol. The number of hydrogen-bond donors (Lipinski definition) is 2. The summed E-state index contributed by atoms with van der Waals surface area (Å²) >= 11 is 0. The van der Waals surface area contributed by atoms with Gasteiger partial charge in [0.1, 0.15) is 30.3 Å². The van der Waals surface area contributed by atoms with Gasteiger partial charge in [-0.1, -0.05) is 12.1 Å². The smallest absolute Gasteiger partial charge is 0.142 e. The molecule has 102 valence electrons. The summed E-state index contributed by atoms with van der Waals surface area (Å²) in [6, 6.07) is 11.4. The first kappa shape index (κ1) is 13.6. The highest BCUT2D eigenvalue weighted by Gasteiger charge is 2.04. The molecule has 0 aliphatic carbocycles. The van der Waals surface area contributed by atoms with Gasteiger partial charge in [-0.05, 0) is 19.1 Å². The molecule has 0 amide bonds. The van der Waals surface area contributed by atoms with Crippen LogP contribution in [-0.2, 0) is 0 Å². The van der Waals surface area contributed by atoms with E-state index in [4.69, 9.17) is 10.00 Å². The summed E-state index contributed by atoms with van der Waals surface area (Å²) in [5, 5.41) is 14.6. The van der Waals surface area contributed by atoms with Crippen LogP contribution in [0.5, 0.6) is 5.75 Å². The summed E-state index contributed by atoms with van der Waals surface area (Å²) in [6.45, 7) is 2.73. The predicted molar refractivity (Wildman–Crippen MR) is 77.0 cm³/mol. The number of ether oxygens (including phenoxy) is 1. The van der Waals surface area contributed by atoms with Crippen LogP contribution in [0.2, 0.25) is 0 Å². The molecule has 0 aliphatic rings. The molecule has 0 aliphatic heterocycles. The lowest BCUT2D eigenvalue weighted by molar-refractivity contribution is 0.342. The van der Waals surface area contributed by atoms with Crippen LogP contribution in [0.1, 0.15) is 6.92 Å². The maximum absolute atomic E-state index is 8.54. The Hall–Kier alpha value is -2.81. The van der Waals surface area contributed by atoms with Gasteiger partial charge in [0.2, 0.25) is 0 Å². The quantitative estimate of drug-likeness (QED) is 0.784. The zero-order chi connectivity index (χ0) is 14.2. The molecule has 2 aromatic rings. The van der Waals surface area contributed by atoms with Gasteiger partial charge in [0.25, 0.3) is 0 Å². The van der Waals surface area contributed by atoms with E-state index in [2.05, 4.69) is 20.6 Å². The third kappa shape index (κ3) is 3.59. The van der Waals surface area contributed by atoms with Crippen LogP contribution in [0.15, 0.2) is 36.7 Å². The minimum atomic E-state index is 0.200. The van der Waals surface area contributed by atoms with Crippen LogP contribution in [0.3, 0.4) is 0 Å². The molecule has 1 aromatic heterocycles. The monoisotopic (exact) mass is 269 g/mol. The van der Waals surface area contributed by atoms with Crippen molar-refractivity contribution < 1.29 is 4.74 Å². The van der Waals surface area contributed by atoms with Gasteiger partial charge >= 0.3 is 0 Å². The number of rotatable bonds is 6. The number of nitrogens with one attached hydrogen (secondary N) is 2. The molecule has 0 atom stereocenters. The van der Waals surface area contributed by atoms with E-state index in [1.54, 1.807) is 6.07 Å². The highest BCUT2D eigenvalue weighted by atomic mass is 16.5. The number of benzene rings is 1. The van der Waals surface area contributed by atoms with Crippen molar-refractivity contribution in [2.75, 3.05) is 23.8 Å². The molecule has 20 heavy (non-hydrogen) atoms. The van der Waals surface area contributed by atoms with Crippen molar-refractivity contribution in [1.29, 1.82) is 5.26 Å². The Morgan fingerprint density at radius 2 is 2.05 bits per heavy atom. The average Bonchev–Trinajstić information content (AvgIpc) is 2.48. The lowest BCUT2D eigenvalue weighted by Gasteiger charge is -2.12. The molecule has 2 N–H and O–H groups in total. The third-order valence-corrected chi connectivity index (χ3v) is 2.47. The van der Waals surface area contributed by atoms with Gasteiger partial charge in [-0.2, -0.15) is 5.26 Å². The van der Waals surface area contributed by atoms with E-state index in [-0.39, 0.29) is 6.54 Å². The van der Waals surface area contributed by atoms with E-state index >= 15 is 0 Å². The minimum absolute atomic E-state index is 0.200. The fourth-order valence-electron chi connectivity index (χ4n) is 1.64. The second kappa shape index (κ2) is 6.95. The predicted octanol–water partition coefficient (Wildman–Crippen LogP) is 2.55. The van der Waals surface area contributed by atoms with E-state index < -0.39 is 0 Å². The van der Waals surface area contributed by atoms with Crippen molar-refractivity contribution in [2.45, 2.75) is 6.92 Å². The summed E-state index contributed by atoms with van der Waals surface area (Å²) in [4.78, 5) is 8.18. The first-order valence-corrected chi connectivity index (χ1v) is 6.25.